The van der Waals surface area contributed by atoms with Gasteiger partial charge in [-0.25, -0.2) is 4.39 Å². The molecule has 2 rings (SSSR count). The van der Waals surface area contributed by atoms with E-state index in [0.29, 0.717) is 25.1 Å². The van der Waals surface area contributed by atoms with Crippen molar-refractivity contribution in [3.05, 3.63) is 35.1 Å². The third kappa shape index (κ3) is 1.78. The molecule has 0 radical (unpaired) electrons. The summed E-state index contributed by atoms with van der Waals surface area (Å²) in [5, 5.41) is 0. The first kappa shape index (κ1) is 10.3. The van der Waals surface area contributed by atoms with Crippen molar-refractivity contribution in [2.24, 2.45) is 0 Å². The van der Waals surface area contributed by atoms with Crippen LogP contribution in [0, 0.1) is 5.82 Å². The van der Waals surface area contributed by atoms with Gasteiger partial charge in [0.1, 0.15) is 5.82 Å². The van der Waals surface area contributed by atoms with Crippen LogP contribution in [0.15, 0.2) is 18.2 Å². The van der Waals surface area contributed by atoms with Crippen LogP contribution in [-0.2, 0) is 15.3 Å². The maximum Gasteiger partial charge on any atom is 0.192 e. The summed E-state index contributed by atoms with van der Waals surface area (Å²) in [4.78, 5) is 10.6. The summed E-state index contributed by atoms with van der Waals surface area (Å²) in [6, 6.07) is 4.26. The molecule has 3 nitrogen and oxygen atoms in total. The molecule has 0 amide bonds. The van der Waals surface area contributed by atoms with Gasteiger partial charge in [-0.3, -0.25) is 4.79 Å². The number of carbonyl (C=O) groups excluding carboxylic acids is 1. The van der Waals surface area contributed by atoms with E-state index >= 15 is 0 Å². The average Bonchev–Trinajstić information content (AvgIpc) is 2.67. The van der Waals surface area contributed by atoms with E-state index in [4.69, 9.17) is 9.47 Å². The van der Waals surface area contributed by atoms with Crippen molar-refractivity contribution >= 4 is 6.29 Å². The van der Waals surface area contributed by atoms with Crippen LogP contribution in [0.5, 0.6) is 0 Å². The topological polar surface area (TPSA) is 35.5 Å². The van der Waals surface area contributed by atoms with Crippen molar-refractivity contribution in [3.63, 3.8) is 0 Å². The first-order chi connectivity index (χ1) is 7.15. The maximum atomic E-state index is 13.1. The maximum absolute atomic E-state index is 13.1. The number of halogens is 1. The highest BCUT2D eigenvalue weighted by atomic mass is 19.1. The fourth-order valence-electron chi connectivity index (χ4n) is 1.60. The minimum Gasteiger partial charge on any atom is -0.344 e. The highest BCUT2D eigenvalue weighted by molar-refractivity contribution is 5.75. The van der Waals surface area contributed by atoms with E-state index in [1.165, 1.54) is 12.1 Å². The zero-order chi connectivity index (χ0) is 10.9. The van der Waals surface area contributed by atoms with Crippen molar-refractivity contribution in [2.75, 3.05) is 13.2 Å². The molecule has 0 aromatic heterocycles. The third-order valence-corrected chi connectivity index (χ3v) is 2.49. The normalized spacial score (nSPS) is 19.1. The zero-order valence-corrected chi connectivity index (χ0v) is 8.33. The van der Waals surface area contributed by atoms with Gasteiger partial charge in [0, 0.05) is 5.56 Å². The second-order valence-electron chi connectivity index (χ2n) is 3.50. The lowest BCUT2D eigenvalue weighted by Gasteiger charge is -2.22. The van der Waals surface area contributed by atoms with E-state index in [-0.39, 0.29) is 5.56 Å². The van der Waals surface area contributed by atoms with Crippen molar-refractivity contribution in [3.8, 4) is 0 Å². The molecule has 0 saturated carbocycles. The Morgan fingerprint density at radius 2 is 2.07 bits per heavy atom. The van der Waals surface area contributed by atoms with E-state index in [1.807, 2.05) is 0 Å². The number of ether oxygens (including phenoxy) is 2. The molecule has 1 aromatic rings. The van der Waals surface area contributed by atoms with Crippen molar-refractivity contribution in [2.45, 2.75) is 12.7 Å². The lowest BCUT2D eigenvalue weighted by atomic mass is 10.0. The van der Waals surface area contributed by atoms with Gasteiger partial charge in [-0.05, 0) is 19.1 Å². The Bertz CT molecular complexity index is 383. The number of rotatable bonds is 2. The highest BCUT2D eigenvalue weighted by Crippen LogP contribution is 2.31. The Hall–Kier alpha value is -1.26. The van der Waals surface area contributed by atoms with E-state index in [1.54, 1.807) is 13.0 Å². The monoisotopic (exact) mass is 210 g/mol. The van der Waals surface area contributed by atoms with Gasteiger partial charge in [-0.2, -0.15) is 0 Å². The Kier molecular flexibility index (Phi) is 2.54. The van der Waals surface area contributed by atoms with Gasteiger partial charge in [-0.1, -0.05) is 6.07 Å². The van der Waals surface area contributed by atoms with Gasteiger partial charge in [0.05, 0.1) is 18.8 Å². The quantitative estimate of drug-likeness (QED) is 0.699. The van der Waals surface area contributed by atoms with Gasteiger partial charge < -0.3 is 9.47 Å². The minimum atomic E-state index is -0.856. The highest BCUT2D eigenvalue weighted by Gasteiger charge is 2.33. The van der Waals surface area contributed by atoms with Crippen LogP contribution in [0.4, 0.5) is 4.39 Å². The molecule has 1 aromatic carbocycles. The van der Waals surface area contributed by atoms with E-state index in [0.717, 1.165) is 0 Å². The predicted octanol–water partition coefficient (Wildman–Crippen LogP) is 1.86. The summed E-state index contributed by atoms with van der Waals surface area (Å²) in [6.45, 7) is 2.76. The fraction of sp³-hybridized carbons (Fsp3) is 0.364. The Morgan fingerprint density at radius 3 is 2.67 bits per heavy atom. The van der Waals surface area contributed by atoms with Crippen LogP contribution in [0.25, 0.3) is 0 Å². The Morgan fingerprint density at radius 1 is 1.40 bits per heavy atom. The van der Waals surface area contributed by atoms with Gasteiger partial charge in [-0.15, -0.1) is 0 Å². The van der Waals surface area contributed by atoms with Crippen LogP contribution in [-0.4, -0.2) is 19.5 Å². The smallest absolute Gasteiger partial charge is 0.192 e. The number of aldehydes is 1. The molecular weight excluding hydrogens is 199 g/mol. The molecule has 1 fully saturated rings. The summed E-state index contributed by atoms with van der Waals surface area (Å²) in [5.41, 5.74) is 0.677. The van der Waals surface area contributed by atoms with Crippen LogP contribution < -0.4 is 0 Å². The Balaban J connectivity index is 2.40. The lowest BCUT2D eigenvalue weighted by molar-refractivity contribution is -0.149. The van der Waals surface area contributed by atoms with Crippen LogP contribution in [0.1, 0.15) is 22.8 Å². The molecule has 1 aliphatic rings. The second-order valence-corrected chi connectivity index (χ2v) is 3.50. The van der Waals surface area contributed by atoms with Gasteiger partial charge >= 0.3 is 0 Å². The lowest BCUT2D eigenvalue weighted by Crippen LogP contribution is -2.22. The molecule has 0 atom stereocenters. The van der Waals surface area contributed by atoms with Crippen molar-refractivity contribution in [1.29, 1.82) is 0 Å². The molecule has 1 aliphatic heterocycles. The number of benzene rings is 1. The fourth-order valence-corrected chi connectivity index (χ4v) is 1.60. The molecule has 0 unspecified atom stereocenters. The van der Waals surface area contributed by atoms with Gasteiger partial charge in [0.25, 0.3) is 0 Å². The van der Waals surface area contributed by atoms with E-state index in [9.17, 15) is 9.18 Å². The summed E-state index contributed by atoms with van der Waals surface area (Å²) in [6.07, 6.45) is 0.483. The first-order valence-electron chi connectivity index (χ1n) is 4.69. The Labute approximate surface area is 86.8 Å². The number of carbonyl (C=O) groups is 1. The summed E-state index contributed by atoms with van der Waals surface area (Å²) in [7, 11) is 0. The summed E-state index contributed by atoms with van der Waals surface area (Å²) >= 11 is 0. The number of hydrogen-bond acceptors (Lipinski definition) is 3. The molecule has 0 spiro atoms. The van der Waals surface area contributed by atoms with Gasteiger partial charge in [0.15, 0.2) is 12.1 Å². The molecule has 1 saturated heterocycles. The van der Waals surface area contributed by atoms with Crippen LogP contribution >= 0.6 is 0 Å². The van der Waals surface area contributed by atoms with Crippen molar-refractivity contribution in [1.82, 2.24) is 0 Å². The standard InChI is InChI=1S/C11H11FO3/c1-11(14-4-5-15-11)9-2-3-10(12)8(6-9)7-13/h2-3,6-7H,4-5H2,1H3. The average molecular weight is 210 g/mol. The predicted molar refractivity (Wildman–Crippen MR) is 51.0 cm³/mol. The van der Waals surface area contributed by atoms with E-state index < -0.39 is 11.6 Å². The summed E-state index contributed by atoms with van der Waals surface area (Å²) in [5.74, 6) is -1.39. The van der Waals surface area contributed by atoms with Crippen molar-refractivity contribution < 1.29 is 18.7 Å². The molecular formula is C11H11FO3. The zero-order valence-electron chi connectivity index (χ0n) is 8.33. The molecule has 15 heavy (non-hydrogen) atoms. The molecule has 1 heterocycles. The molecule has 0 aliphatic carbocycles. The molecule has 0 bridgehead atoms. The molecule has 4 heteroatoms. The van der Waals surface area contributed by atoms with Crippen LogP contribution in [0.2, 0.25) is 0 Å². The second kappa shape index (κ2) is 3.72. The SMILES string of the molecule is CC1(c2ccc(F)c(C=O)c2)OCCO1. The van der Waals surface area contributed by atoms with E-state index in [2.05, 4.69) is 0 Å². The molecule has 0 N–H and O–H groups in total. The largest absolute Gasteiger partial charge is 0.344 e. The van der Waals surface area contributed by atoms with Crippen LogP contribution in [0.3, 0.4) is 0 Å². The first-order valence-corrected chi connectivity index (χ1v) is 4.69. The number of hydrogen-bond donors (Lipinski definition) is 0. The minimum absolute atomic E-state index is 0.0211. The third-order valence-electron chi connectivity index (χ3n) is 2.49. The van der Waals surface area contributed by atoms with Gasteiger partial charge in [0.2, 0.25) is 0 Å². The summed E-state index contributed by atoms with van der Waals surface area (Å²) < 4.78 is 23.9. The molecule has 80 valence electrons.